The van der Waals surface area contributed by atoms with E-state index >= 15 is 0 Å². The van der Waals surface area contributed by atoms with Crippen molar-refractivity contribution >= 4 is 32.8 Å². The number of urea groups is 1. The first kappa shape index (κ1) is 22.3. The minimum atomic E-state index is -3.55. The molecule has 0 saturated heterocycles. The monoisotopic (exact) mass is 448 g/mol. The molecule has 166 valence electrons. The number of aromatic nitrogens is 3. The average Bonchev–Trinajstić information content (AvgIpc) is 3.16. The van der Waals surface area contributed by atoms with Crippen molar-refractivity contribution in [1.29, 1.82) is 0 Å². The second kappa shape index (κ2) is 9.18. The fourth-order valence-corrected chi connectivity index (χ4v) is 3.75. The fraction of sp³-hybridized carbons (Fsp3) is 0.316. The Kier molecular flexibility index (Phi) is 6.61. The van der Waals surface area contributed by atoms with Gasteiger partial charge in [0.15, 0.2) is 0 Å². The predicted molar refractivity (Wildman–Crippen MR) is 115 cm³/mol. The number of benzene rings is 2. The molecule has 0 unspecified atom stereocenters. The molecule has 0 spiro atoms. The second-order valence-electron chi connectivity index (χ2n) is 6.70. The summed E-state index contributed by atoms with van der Waals surface area (Å²) >= 11 is 0. The number of fused-ring (bicyclic) bond motifs is 1. The highest BCUT2D eigenvalue weighted by molar-refractivity contribution is 7.89. The number of anilines is 1. The van der Waals surface area contributed by atoms with Gasteiger partial charge in [0.25, 0.3) is 0 Å². The van der Waals surface area contributed by atoms with Gasteiger partial charge in [-0.1, -0.05) is 5.21 Å². The summed E-state index contributed by atoms with van der Waals surface area (Å²) in [6.07, 6.45) is 0. The molecule has 1 heterocycles. The quantitative estimate of drug-likeness (QED) is 0.535. The SMILES string of the molecule is COc1ccc(NC(=O)NCCn2nnc3cc(S(=O)(=O)N(C)C)ccc32)c(OC)c1. The minimum Gasteiger partial charge on any atom is -0.497 e. The van der Waals surface area contributed by atoms with Gasteiger partial charge in [-0.25, -0.2) is 22.2 Å². The maximum atomic E-state index is 12.3. The molecule has 12 heteroatoms. The summed E-state index contributed by atoms with van der Waals surface area (Å²) in [4.78, 5) is 12.4. The van der Waals surface area contributed by atoms with Crippen LogP contribution in [0.4, 0.5) is 10.5 Å². The zero-order valence-electron chi connectivity index (χ0n) is 17.6. The van der Waals surface area contributed by atoms with Crippen molar-refractivity contribution in [3.05, 3.63) is 36.4 Å². The molecule has 0 atom stereocenters. The van der Waals surface area contributed by atoms with Crippen LogP contribution in [0.3, 0.4) is 0 Å². The lowest BCUT2D eigenvalue weighted by Crippen LogP contribution is -2.31. The first-order chi connectivity index (χ1) is 14.8. The Morgan fingerprint density at radius 3 is 2.58 bits per heavy atom. The first-order valence-electron chi connectivity index (χ1n) is 9.29. The van der Waals surface area contributed by atoms with Crippen LogP contribution in [0.2, 0.25) is 0 Å². The number of hydrogen-bond donors (Lipinski definition) is 2. The van der Waals surface area contributed by atoms with Crippen LogP contribution in [0, 0.1) is 0 Å². The molecule has 0 aliphatic heterocycles. The Hall–Kier alpha value is -3.38. The van der Waals surface area contributed by atoms with Crippen molar-refractivity contribution in [1.82, 2.24) is 24.6 Å². The van der Waals surface area contributed by atoms with Crippen molar-refractivity contribution in [2.75, 3.05) is 40.2 Å². The number of nitrogens with one attached hydrogen (secondary N) is 2. The van der Waals surface area contributed by atoms with Crippen LogP contribution in [0.5, 0.6) is 11.5 Å². The lowest BCUT2D eigenvalue weighted by molar-refractivity contribution is 0.251. The number of sulfonamides is 1. The van der Waals surface area contributed by atoms with Crippen molar-refractivity contribution in [2.45, 2.75) is 11.4 Å². The molecule has 0 bridgehead atoms. The zero-order chi connectivity index (χ0) is 22.6. The summed E-state index contributed by atoms with van der Waals surface area (Å²) in [6.45, 7) is 0.629. The molecule has 0 fully saturated rings. The van der Waals surface area contributed by atoms with Gasteiger partial charge in [-0.3, -0.25) is 0 Å². The highest BCUT2D eigenvalue weighted by Crippen LogP contribution is 2.28. The van der Waals surface area contributed by atoms with E-state index in [2.05, 4.69) is 20.9 Å². The Labute approximate surface area is 180 Å². The van der Waals surface area contributed by atoms with Crippen LogP contribution < -0.4 is 20.1 Å². The summed E-state index contributed by atoms with van der Waals surface area (Å²) in [6, 6.07) is 9.28. The van der Waals surface area contributed by atoms with E-state index in [0.29, 0.717) is 34.8 Å². The molecule has 0 radical (unpaired) electrons. The summed E-state index contributed by atoms with van der Waals surface area (Å²) in [5.74, 6) is 1.09. The summed E-state index contributed by atoms with van der Waals surface area (Å²) in [7, 11) is 2.43. The molecule has 3 rings (SSSR count). The molecule has 2 amide bonds. The topological polar surface area (TPSA) is 128 Å². The first-order valence-corrected chi connectivity index (χ1v) is 10.7. The highest BCUT2D eigenvalue weighted by atomic mass is 32.2. The number of ether oxygens (including phenoxy) is 2. The van der Waals surface area contributed by atoms with Crippen molar-refractivity contribution < 1.29 is 22.7 Å². The smallest absolute Gasteiger partial charge is 0.319 e. The molecule has 0 aliphatic rings. The van der Waals surface area contributed by atoms with Gasteiger partial charge in [-0.2, -0.15) is 0 Å². The van der Waals surface area contributed by atoms with Crippen LogP contribution in [-0.2, 0) is 16.6 Å². The third-order valence-electron chi connectivity index (χ3n) is 4.53. The van der Waals surface area contributed by atoms with Gasteiger partial charge in [0.2, 0.25) is 10.0 Å². The van der Waals surface area contributed by atoms with E-state index < -0.39 is 16.1 Å². The van der Waals surface area contributed by atoms with Gasteiger partial charge < -0.3 is 20.1 Å². The molecule has 0 aliphatic carbocycles. The normalized spacial score (nSPS) is 11.5. The summed E-state index contributed by atoms with van der Waals surface area (Å²) in [5.41, 5.74) is 1.62. The molecular weight excluding hydrogens is 424 g/mol. The van der Waals surface area contributed by atoms with Gasteiger partial charge in [0, 0.05) is 26.7 Å². The maximum Gasteiger partial charge on any atom is 0.319 e. The average molecular weight is 449 g/mol. The van der Waals surface area contributed by atoms with E-state index in [0.717, 1.165) is 4.31 Å². The van der Waals surface area contributed by atoms with Gasteiger partial charge in [0.1, 0.15) is 17.0 Å². The molecule has 3 aromatic rings. The van der Waals surface area contributed by atoms with Gasteiger partial charge >= 0.3 is 6.03 Å². The molecule has 2 N–H and O–H groups in total. The molecule has 2 aromatic carbocycles. The number of nitrogens with zero attached hydrogens (tertiary/aromatic N) is 4. The number of methoxy groups -OCH3 is 2. The maximum absolute atomic E-state index is 12.3. The highest BCUT2D eigenvalue weighted by Gasteiger charge is 2.18. The third-order valence-corrected chi connectivity index (χ3v) is 6.34. The lowest BCUT2D eigenvalue weighted by Gasteiger charge is -2.12. The zero-order valence-corrected chi connectivity index (χ0v) is 18.4. The standard InChI is InChI=1S/C19H24N6O5S/c1-24(2)31(27,28)14-6-8-17-16(12-14)22-23-25(17)10-9-20-19(26)21-15-7-5-13(29-3)11-18(15)30-4/h5-8,11-12H,9-10H2,1-4H3,(H2,20,21,26). The van der Waals surface area contributed by atoms with Crippen LogP contribution >= 0.6 is 0 Å². The van der Waals surface area contributed by atoms with E-state index in [9.17, 15) is 13.2 Å². The number of amides is 2. The van der Waals surface area contributed by atoms with E-state index in [1.807, 2.05) is 0 Å². The third kappa shape index (κ3) is 4.86. The van der Waals surface area contributed by atoms with Crippen LogP contribution in [0.25, 0.3) is 11.0 Å². The van der Waals surface area contributed by atoms with E-state index in [-0.39, 0.29) is 11.4 Å². The Bertz CT molecular complexity index is 1190. The van der Waals surface area contributed by atoms with E-state index in [4.69, 9.17) is 9.47 Å². The van der Waals surface area contributed by atoms with E-state index in [1.165, 1.54) is 33.3 Å². The number of rotatable bonds is 8. The van der Waals surface area contributed by atoms with Gasteiger partial charge in [0.05, 0.1) is 36.9 Å². The fourth-order valence-electron chi connectivity index (χ4n) is 2.83. The minimum absolute atomic E-state index is 0.142. The van der Waals surface area contributed by atoms with Gasteiger partial charge in [-0.15, -0.1) is 5.10 Å². The lowest BCUT2D eigenvalue weighted by atomic mass is 10.2. The number of hydrogen-bond acceptors (Lipinski definition) is 7. The molecular formula is C19H24N6O5S. The van der Waals surface area contributed by atoms with Crippen LogP contribution in [-0.4, -0.2) is 68.6 Å². The largest absolute Gasteiger partial charge is 0.497 e. The molecule has 11 nitrogen and oxygen atoms in total. The summed E-state index contributed by atoms with van der Waals surface area (Å²) in [5, 5.41) is 13.5. The Morgan fingerprint density at radius 2 is 1.90 bits per heavy atom. The second-order valence-corrected chi connectivity index (χ2v) is 8.85. The van der Waals surface area contributed by atoms with Crippen LogP contribution in [0.1, 0.15) is 0 Å². The number of carbonyl (C=O) groups is 1. The van der Waals surface area contributed by atoms with Crippen LogP contribution in [0.15, 0.2) is 41.3 Å². The Morgan fingerprint density at radius 1 is 1.13 bits per heavy atom. The summed E-state index contributed by atoms with van der Waals surface area (Å²) < 4.78 is 37.6. The van der Waals surface area contributed by atoms with Crippen molar-refractivity contribution in [3.63, 3.8) is 0 Å². The van der Waals surface area contributed by atoms with E-state index in [1.54, 1.807) is 36.1 Å². The number of carbonyl (C=O) groups excluding carboxylic acids is 1. The predicted octanol–water partition coefficient (Wildman–Crippen LogP) is 1.52. The molecule has 31 heavy (non-hydrogen) atoms. The van der Waals surface area contributed by atoms with Crippen molar-refractivity contribution in [2.24, 2.45) is 0 Å². The molecule has 1 aromatic heterocycles. The van der Waals surface area contributed by atoms with Gasteiger partial charge in [-0.05, 0) is 30.3 Å². The molecule has 0 saturated carbocycles. The Balaban J connectivity index is 1.62. The van der Waals surface area contributed by atoms with Crippen molar-refractivity contribution in [3.8, 4) is 11.5 Å².